The number of hydrogen-bond donors (Lipinski definition) is 3. The molecule has 0 aliphatic carbocycles. The van der Waals surface area contributed by atoms with Crippen LogP contribution in [0, 0.1) is 6.23 Å². The molecule has 0 amide bonds. The molecule has 5 N–H and O–H groups in total. The average molecular weight is 98.1 g/mol. The fourth-order valence-electron chi connectivity index (χ4n) is 0. The van der Waals surface area contributed by atoms with E-state index < -0.39 is 0 Å². The number of nitrogens with two attached hydrogens (primary N) is 2. The van der Waals surface area contributed by atoms with Crippen molar-refractivity contribution in [1.82, 2.24) is 0 Å². The van der Waals surface area contributed by atoms with E-state index in [1.807, 2.05) is 0 Å². The van der Waals surface area contributed by atoms with Gasteiger partial charge in [0.25, 0.3) is 0 Å². The van der Waals surface area contributed by atoms with Crippen molar-refractivity contribution in [1.29, 1.82) is 0 Å². The Morgan fingerprint density at radius 1 is 1.67 bits per heavy atom. The van der Waals surface area contributed by atoms with Gasteiger partial charge < -0.3 is 16.6 Å². The number of aliphatic hydroxyl groups excluding tert-OH is 1. The van der Waals surface area contributed by atoms with Crippen molar-refractivity contribution >= 4 is 0 Å². The number of rotatable bonds is 1. The molecule has 0 aliphatic rings. The summed E-state index contributed by atoms with van der Waals surface area (Å²) in [5.41, 5.74) is 9.40. The zero-order valence-electron chi connectivity index (χ0n) is 3.81. The average Bonchev–Trinajstić information content (AvgIpc) is 1.38. The molecule has 0 saturated heterocycles. The van der Waals surface area contributed by atoms with Gasteiger partial charge >= 0.3 is 29.6 Å². The minimum absolute atomic E-state index is 0. The van der Waals surface area contributed by atoms with Gasteiger partial charge in [0.15, 0.2) is 0 Å². The predicted molar refractivity (Wildman–Crippen MR) is 18.4 cm³/mol. The third kappa shape index (κ3) is 8.86. The van der Waals surface area contributed by atoms with Gasteiger partial charge in [-0.05, 0) is 0 Å². The van der Waals surface area contributed by atoms with E-state index in [1.54, 1.807) is 0 Å². The Kier molecular flexibility index (Phi) is 9.79. The molecule has 3 nitrogen and oxygen atoms in total. The van der Waals surface area contributed by atoms with Crippen molar-refractivity contribution in [3.63, 3.8) is 0 Å². The van der Waals surface area contributed by atoms with Gasteiger partial charge in [-0.2, -0.15) is 0 Å². The molecule has 0 bridgehead atoms. The van der Waals surface area contributed by atoms with Gasteiger partial charge in [0.05, 0.1) is 0 Å². The van der Waals surface area contributed by atoms with Crippen LogP contribution in [0.2, 0.25) is 0 Å². The third-order valence-electron chi connectivity index (χ3n) is 0.209. The largest absolute Gasteiger partial charge is 1.00 e. The molecule has 0 rings (SSSR count). The van der Waals surface area contributed by atoms with Gasteiger partial charge in [-0.1, -0.05) is 6.54 Å². The van der Waals surface area contributed by atoms with Crippen molar-refractivity contribution < 1.29 is 34.7 Å². The van der Waals surface area contributed by atoms with Gasteiger partial charge in [-0.25, -0.2) is 0 Å². The quantitative estimate of drug-likeness (QED) is 0.230. The SMILES string of the molecule is NC[C-](N)O.[Na+]. The zero-order valence-corrected chi connectivity index (χ0v) is 5.81. The van der Waals surface area contributed by atoms with Crippen LogP contribution < -0.4 is 41.0 Å². The molecule has 0 radical (unpaired) electrons. The van der Waals surface area contributed by atoms with Crippen molar-refractivity contribution in [3.8, 4) is 0 Å². The zero-order chi connectivity index (χ0) is 4.28. The van der Waals surface area contributed by atoms with Crippen LogP contribution in [0.1, 0.15) is 0 Å². The molecule has 0 aliphatic heterocycles. The Balaban J connectivity index is 0. The first-order chi connectivity index (χ1) is 2.27. The van der Waals surface area contributed by atoms with E-state index >= 15 is 0 Å². The van der Waals surface area contributed by atoms with E-state index in [1.165, 1.54) is 0 Å². The van der Waals surface area contributed by atoms with E-state index in [4.69, 9.17) is 10.8 Å². The fraction of sp³-hybridized carbons (Fsp3) is 0.500. The topological polar surface area (TPSA) is 72.3 Å². The van der Waals surface area contributed by atoms with Crippen molar-refractivity contribution in [2.75, 3.05) is 6.54 Å². The Labute approximate surface area is 59.0 Å². The molecule has 0 heterocycles. The molecule has 0 spiro atoms. The Hall–Kier alpha value is 0.880. The molecule has 6 heavy (non-hydrogen) atoms. The molecular weight excluding hydrogens is 91.0 g/mol. The fourth-order valence-corrected chi connectivity index (χ4v) is 0. The molecule has 0 aromatic carbocycles. The van der Waals surface area contributed by atoms with E-state index in [0.29, 0.717) is 0 Å². The Bertz CT molecular complexity index is 25.5. The normalized spacial score (nSPS) is 8.00. The molecule has 0 aromatic heterocycles. The molecule has 0 fully saturated rings. The first-order valence-corrected chi connectivity index (χ1v) is 1.27. The minimum Gasteiger partial charge on any atom is -0.547 e. The maximum atomic E-state index is 7.93. The molecule has 0 aromatic rings. The molecule has 4 heteroatoms. The van der Waals surface area contributed by atoms with Crippen LogP contribution in [0.15, 0.2) is 0 Å². The summed E-state index contributed by atoms with van der Waals surface area (Å²) in [5, 5.41) is 7.93. The van der Waals surface area contributed by atoms with Gasteiger partial charge in [-0.3, -0.25) is 0 Å². The predicted octanol–water partition coefficient (Wildman–Crippen LogP) is -4.23. The smallest absolute Gasteiger partial charge is 0.547 e. The van der Waals surface area contributed by atoms with Crippen LogP contribution >= 0.6 is 0 Å². The summed E-state index contributed by atoms with van der Waals surface area (Å²) in [6.07, 6.45) is -0.218. The van der Waals surface area contributed by atoms with Gasteiger partial charge in [-0.15, -0.1) is 6.23 Å². The summed E-state index contributed by atoms with van der Waals surface area (Å²) in [4.78, 5) is 0. The van der Waals surface area contributed by atoms with Crippen LogP contribution in [0.4, 0.5) is 0 Å². The second-order valence-electron chi connectivity index (χ2n) is 0.695. The van der Waals surface area contributed by atoms with E-state index in [0.717, 1.165) is 0 Å². The van der Waals surface area contributed by atoms with Crippen LogP contribution in [0.5, 0.6) is 0 Å². The van der Waals surface area contributed by atoms with Gasteiger partial charge in [0.1, 0.15) is 0 Å². The van der Waals surface area contributed by atoms with Crippen LogP contribution in [0.3, 0.4) is 0 Å². The van der Waals surface area contributed by atoms with Crippen LogP contribution in [-0.4, -0.2) is 11.7 Å². The molecule has 0 saturated carbocycles. The Morgan fingerprint density at radius 2 is 1.83 bits per heavy atom. The maximum absolute atomic E-state index is 7.93. The van der Waals surface area contributed by atoms with Gasteiger partial charge in [0.2, 0.25) is 0 Å². The van der Waals surface area contributed by atoms with E-state index in [-0.39, 0.29) is 42.3 Å². The van der Waals surface area contributed by atoms with Crippen molar-refractivity contribution in [2.45, 2.75) is 0 Å². The molecule has 0 atom stereocenters. The summed E-state index contributed by atoms with van der Waals surface area (Å²) in [7, 11) is 0. The van der Waals surface area contributed by atoms with Crippen molar-refractivity contribution in [3.05, 3.63) is 6.23 Å². The molecular formula is C2H7N2NaO. The molecule has 0 unspecified atom stereocenters. The summed E-state index contributed by atoms with van der Waals surface area (Å²) in [5.74, 6) is 0. The number of hydrogen-bond acceptors (Lipinski definition) is 3. The minimum atomic E-state index is -0.218. The summed E-state index contributed by atoms with van der Waals surface area (Å²) < 4.78 is 0. The molecule has 32 valence electrons. The Morgan fingerprint density at radius 3 is 1.83 bits per heavy atom. The third-order valence-corrected chi connectivity index (χ3v) is 0.209. The summed E-state index contributed by atoms with van der Waals surface area (Å²) >= 11 is 0. The monoisotopic (exact) mass is 98.0 g/mol. The van der Waals surface area contributed by atoms with E-state index in [9.17, 15) is 0 Å². The maximum Gasteiger partial charge on any atom is 1.00 e. The van der Waals surface area contributed by atoms with Crippen LogP contribution in [0.25, 0.3) is 0 Å². The van der Waals surface area contributed by atoms with E-state index in [2.05, 4.69) is 5.73 Å². The standard InChI is InChI=1S/C2H7N2O.Na/c3-1-2(4)5;/h5H,1,3-4H2;/q-1;+1. The first-order valence-electron chi connectivity index (χ1n) is 1.27. The summed E-state index contributed by atoms with van der Waals surface area (Å²) in [6.45, 7) is 0.0556. The number of aliphatic hydroxyl groups is 1. The summed E-state index contributed by atoms with van der Waals surface area (Å²) in [6, 6.07) is 0. The van der Waals surface area contributed by atoms with Crippen molar-refractivity contribution in [2.24, 2.45) is 11.5 Å². The second kappa shape index (κ2) is 5.88. The first kappa shape index (κ1) is 9.99. The van der Waals surface area contributed by atoms with Gasteiger partial charge in [0, 0.05) is 0 Å². The second-order valence-corrected chi connectivity index (χ2v) is 0.695. The van der Waals surface area contributed by atoms with Crippen LogP contribution in [-0.2, 0) is 0 Å².